The van der Waals surface area contributed by atoms with Gasteiger partial charge in [-0.1, -0.05) is 11.6 Å². The highest BCUT2D eigenvalue weighted by molar-refractivity contribution is 6.08. The van der Waals surface area contributed by atoms with Gasteiger partial charge in [-0.25, -0.2) is 0 Å². The van der Waals surface area contributed by atoms with Gasteiger partial charge in [0.25, 0.3) is 0 Å². The smallest absolute Gasteiger partial charge is 0.184 e. The van der Waals surface area contributed by atoms with Crippen LogP contribution in [0.1, 0.15) is 19.8 Å². The number of nitrogens with one attached hydrogen (secondary N) is 1. The SMILES string of the molecule is CC1=CCC2=C1C13CC1CNC3=CC2=O. The zero-order valence-corrected chi connectivity index (χ0v) is 8.76. The van der Waals surface area contributed by atoms with Crippen LogP contribution in [0, 0.1) is 11.3 Å². The molecule has 2 heteroatoms. The molecule has 1 N–H and O–H groups in total. The molecule has 1 heterocycles. The van der Waals surface area contributed by atoms with Crippen LogP contribution < -0.4 is 5.32 Å². The number of piperidine rings is 1. The molecule has 15 heavy (non-hydrogen) atoms. The van der Waals surface area contributed by atoms with Crippen molar-refractivity contribution >= 4 is 5.78 Å². The van der Waals surface area contributed by atoms with Crippen LogP contribution in [0.4, 0.5) is 0 Å². The van der Waals surface area contributed by atoms with Crippen molar-refractivity contribution in [2.24, 2.45) is 11.3 Å². The van der Waals surface area contributed by atoms with E-state index in [9.17, 15) is 4.79 Å². The topological polar surface area (TPSA) is 29.1 Å². The van der Waals surface area contributed by atoms with Crippen LogP contribution in [0.15, 0.2) is 34.6 Å². The van der Waals surface area contributed by atoms with Crippen molar-refractivity contribution in [1.82, 2.24) is 5.32 Å². The normalized spacial score (nSPS) is 40.3. The Morgan fingerprint density at radius 3 is 3.20 bits per heavy atom. The van der Waals surface area contributed by atoms with Gasteiger partial charge in [-0.15, -0.1) is 0 Å². The van der Waals surface area contributed by atoms with E-state index < -0.39 is 0 Å². The van der Waals surface area contributed by atoms with Crippen molar-refractivity contribution in [2.75, 3.05) is 6.54 Å². The highest BCUT2D eigenvalue weighted by Crippen LogP contribution is 2.69. The van der Waals surface area contributed by atoms with Crippen molar-refractivity contribution in [3.8, 4) is 0 Å². The van der Waals surface area contributed by atoms with E-state index in [4.69, 9.17) is 0 Å². The van der Waals surface area contributed by atoms with Gasteiger partial charge in [0.15, 0.2) is 5.78 Å². The predicted molar refractivity (Wildman–Crippen MR) is 57.0 cm³/mol. The summed E-state index contributed by atoms with van der Waals surface area (Å²) in [6, 6.07) is 0. The van der Waals surface area contributed by atoms with Crippen LogP contribution in [0.3, 0.4) is 0 Å². The fourth-order valence-corrected chi connectivity index (χ4v) is 3.68. The fraction of sp³-hybridized carbons (Fsp3) is 0.462. The molecule has 1 saturated heterocycles. The van der Waals surface area contributed by atoms with Gasteiger partial charge in [0, 0.05) is 29.3 Å². The fourth-order valence-electron chi connectivity index (χ4n) is 3.68. The second-order valence-corrected chi connectivity index (χ2v) is 5.12. The first-order valence-corrected chi connectivity index (χ1v) is 5.64. The Kier molecular flexibility index (Phi) is 1.11. The number of hydrogen-bond donors (Lipinski definition) is 1. The number of carbonyl (C=O) groups is 1. The van der Waals surface area contributed by atoms with E-state index in [1.165, 1.54) is 23.3 Å². The molecular formula is C13H13NO. The molecule has 2 nitrogen and oxygen atoms in total. The van der Waals surface area contributed by atoms with E-state index in [1.54, 1.807) is 0 Å². The molecule has 2 fully saturated rings. The molecule has 0 aromatic heterocycles. The highest BCUT2D eigenvalue weighted by Gasteiger charge is 2.65. The lowest BCUT2D eigenvalue weighted by molar-refractivity contribution is -0.111. The number of hydrogen-bond acceptors (Lipinski definition) is 2. The van der Waals surface area contributed by atoms with E-state index in [0.29, 0.717) is 0 Å². The quantitative estimate of drug-likeness (QED) is 0.643. The highest BCUT2D eigenvalue weighted by atomic mass is 16.1. The van der Waals surface area contributed by atoms with Crippen LogP contribution in [0.2, 0.25) is 0 Å². The summed E-state index contributed by atoms with van der Waals surface area (Å²) in [5.74, 6) is 0.988. The van der Waals surface area contributed by atoms with E-state index in [-0.39, 0.29) is 11.2 Å². The minimum Gasteiger partial charge on any atom is -0.387 e. The third-order valence-corrected chi connectivity index (χ3v) is 4.45. The number of carbonyl (C=O) groups excluding carboxylic acids is 1. The van der Waals surface area contributed by atoms with Crippen molar-refractivity contribution in [1.29, 1.82) is 0 Å². The maximum Gasteiger partial charge on any atom is 0.184 e. The molecule has 2 unspecified atom stereocenters. The maximum absolute atomic E-state index is 11.9. The Labute approximate surface area is 88.7 Å². The van der Waals surface area contributed by atoms with Crippen LogP contribution in [0.25, 0.3) is 0 Å². The average molecular weight is 199 g/mol. The van der Waals surface area contributed by atoms with Gasteiger partial charge in [-0.05, 0) is 31.3 Å². The summed E-state index contributed by atoms with van der Waals surface area (Å²) in [6.07, 6.45) is 6.17. The second kappa shape index (κ2) is 2.11. The van der Waals surface area contributed by atoms with Gasteiger partial charge < -0.3 is 5.32 Å². The minimum atomic E-state index is 0.235. The van der Waals surface area contributed by atoms with Gasteiger partial charge in [0.2, 0.25) is 0 Å². The van der Waals surface area contributed by atoms with Gasteiger partial charge in [0.05, 0.1) is 0 Å². The summed E-state index contributed by atoms with van der Waals surface area (Å²) in [4.78, 5) is 11.9. The maximum atomic E-state index is 11.9. The zero-order chi connectivity index (χ0) is 10.2. The molecule has 1 saturated carbocycles. The molecule has 1 spiro atoms. The second-order valence-electron chi connectivity index (χ2n) is 5.12. The summed E-state index contributed by atoms with van der Waals surface area (Å²) in [6.45, 7) is 3.21. The Hall–Kier alpha value is -1.31. The lowest BCUT2D eigenvalue weighted by Gasteiger charge is -2.24. The van der Waals surface area contributed by atoms with Crippen molar-refractivity contribution in [3.63, 3.8) is 0 Å². The van der Waals surface area contributed by atoms with Crippen LogP contribution in [0.5, 0.6) is 0 Å². The molecule has 4 rings (SSSR count). The third-order valence-electron chi connectivity index (χ3n) is 4.45. The molecule has 0 aromatic rings. The van der Waals surface area contributed by atoms with E-state index >= 15 is 0 Å². The van der Waals surface area contributed by atoms with Crippen LogP contribution >= 0.6 is 0 Å². The molecule has 0 bridgehead atoms. The first kappa shape index (κ1) is 7.91. The summed E-state index contributed by atoms with van der Waals surface area (Å²) in [5, 5.41) is 3.39. The zero-order valence-electron chi connectivity index (χ0n) is 8.76. The lowest BCUT2D eigenvalue weighted by atomic mass is 9.80. The number of ketones is 1. The average Bonchev–Trinajstić information content (AvgIpc) is 2.61. The Bertz CT molecular complexity index is 495. The molecule has 0 aromatic carbocycles. The molecule has 0 radical (unpaired) electrons. The first-order chi connectivity index (χ1) is 7.23. The molecule has 0 amide bonds. The monoisotopic (exact) mass is 199 g/mol. The third kappa shape index (κ3) is 0.695. The lowest BCUT2D eigenvalue weighted by Crippen LogP contribution is -2.23. The summed E-state index contributed by atoms with van der Waals surface area (Å²) in [5.41, 5.74) is 5.24. The largest absolute Gasteiger partial charge is 0.387 e. The van der Waals surface area contributed by atoms with Crippen LogP contribution in [-0.2, 0) is 4.79 Å². The van der Waals surface area contributed by atoms with E-state index in [0.717, 1.165) is 24.5 Å². The van der Waals surface area contributed by atoms with Gasteiger partial charge >= 0.3 is 0 Å². The van der Waals surface area contributed by atoms with Crippen molar-refractivity contribution in [2.45, 2.75) is 19.8 Å². The predicted octanol–water partition coefficient (Wildman–Crippen LogP) is 1.71. The Morgan fingerprint density at radius 1 is 1.53 bits per heavy atom. The molecule has 2 atom stereocenters. The summed E-state index contributed by atoms with van der Waals surface area (Å²) in [7, 11) is 0. The molecule has 1 aliphatic heterocycles. The van der Waals surface area contributed by atoms with E-state index in [2.05, 4.69) is 18.3 Å². The number of rotatable bonds is 0. The molecular weight excluding hydrogens is 186 g/mol. The van der Waals surface area contributed by atoms with Crippen LogP contribution in [-0.4, -0.2) is 12.3 Å². The molecule has 76 valence electrons. The van der Waals surface area contributed by atoms with Gasteiger partial charge in [-0.3, -0.25) is 4.79 Å². The number of allylic oxidation sites excluding steroid dienone is 5. The Morgan fingerprint density at radius 2 is 2.40 bits per heavy atom. The van der Waals surface area contributed by atoms with E-state index in [1.807, 2.05) is 6.08 Å². The van der Waals surface area contributed by atoms with Gasteiger partial charge in [0.1, 0.15) is 0 Å². The minimum absolute atomic E-state index is 0.235. The Balaban J connectivity index is 1.98. The van der Waals surface area contributed by atoms with Crippen molar-refractivity contribution < 1.29 is 4.79 Å². The standard InChI is InChI=1S/C13H13NO/c1-7-2-3-9-10(15)4-11-13(12(7)9)5-8(13)6-14-11/h2,4,8,14H,3,5-6H2,1H3. The molecule has 4 aliphatic rings. The summed E-state index contributed by atoms with van der Waals surface area (Å²) < 4.78 is 0. The van der Waals surface area contributed by atoms with Crippen molar-refractivity contribution in [3.05, 3.63) is 34.6 Å². The molecule has 3 aliphatic carbocycles. The first-order valence-electron chi connectivity index (χ1n) is 5.64. The summed E-state index contributed by atoms with van der Waals surface area (Å²) >= 11 is 0. The van der Waals surface area contributed by atoms with Gasteiger partial charge in [-0.2, -0.15) is 0 Å².